The van der Waals surface area contributed by atoms with Crippen molar-refractivity contribution >= 4 is 5.78 Å². The van der Waals surface area contributed by atoms with E-state index in [1.165, 1.54) is 13.0 Å². The highest BCUT2D eigenvalue weighted by molar-refractivity contribution is 5.95. The van der Waals surface area contributed by atoms with Crippen LogP contribution in [-0.2, 0) is 6.42 Å². The number of hydrogen-bond acceptors (Lipinski definition) is 1. The molecule has 1 nitrogen and oxygen atoms in total. The van der Waals surface area contributed by atoms with Crippen LogP contribution in [0.4, 0.5) is 8.78 Å². The lowest BCUT2D eigenvalue weighted by molar-refractivity contribution is 0.101. The largest absolute Gasteiger partial charge is 0.295 e. The molecule has 0 radical (unpaired) electrons. The topological polar surface area (TPSA) is 17.1 Å². The summed E-state index contributed by atoms with van der Waals surface area (Å²) in [6.45, 7) is 4.95. The number of benzene rings is 1. The maximum absolute atomic E-state index is 12.6. The average Bonchev–Trinajstić information content (AvgIpc) is 2.16. The summed E-state index contributed by atoms with van der Waals surface area (Å²) in [5.41, 5.74) is 1.76. The van der Waals surface area contributed by atoms with Gasteiger partial charge in [-0.15, -0.1) is 0 Å². The lowest BCUT2D eigenvalue weighted by Crippen LogP contribution is -2.03. The van der Waals surface area contributed by atoms with Crippen molar-refractivity contribution < 1.29 is 13.6 Å². The first-order chi connectivity index (χ1) is 6.97. The average molecular weight is 212 g/mol. The highest BCUT2D eigenvalue weighted by atomic mass is 19.3. The number of alkyl halides is 2. The second-order valence-corrected chi connectivity index (χ2v) is 3.58. The zero-order chi connectivity index (χ0) is 11.6. The van der Waals surface area contributed by atoms with E-state index in [-0.39, 0.29) is 11.3 Å². The van der Waals surface area contributed by atoms with E-state index in [0.717, 1.165) is 5.56 Å². The molecule has 0 N–H and O–H groups in total. The molecule has 0 fully saturated rings. The fourth-order valence-electron chi connectivity index (χ4n) is 1.64. The summed E-state index contributed by atoms with van der Waals surface area (Å²) >= 11 is 0. The zero-order valence-corrected chi connectivity index (χ0v) is 9.10. The molecule has 0 bridgehead atoms. The van der Waals surface area contributed by atoms with Crippen molar-refractivity contribution in [3.8, 4) is 0 Å². The van der Waals surface area contributed by atoms with Crippen molar-refractivity contribution in [3.63, 3.8) is 0 Å². The van der Waals surface area contributed by atoms with Crippen LogP contribution in [0.25, 0.3) is 0 Å². The van der Waals surface area contributed by atoms with E-state index in [9.17, 15) is 13.6 Å². The van der Waals surface area contributed by atoms with Gasteiger partial charge < -0.3 is 0 Å². The first-order valence-corrected chi connectivity index (χ1v) is 4.89. The van der Waals surface area contributed by atoms with Crippen molar-refractivity contribution in [1.29, 1.82) is 0 Å². The Morgan fingerprint density at radius 3 is 2.40 bits per heavy atom. The first kappa shape index (κ1) is 11.8. The monoisotopic (exact) mass is 212 g/mol. The Labute approximate surface area is 88.1 Å². The third-order valence-electron chi connectivity index (χ3n) is 2.49. The molecule has 0 aromatic heterocycles. The van der Waals surface area contributed by atoms with Crippen molar-refractivity contribution in [1.82, 2.24) is 0 Å². The predicted molar refractivity (Wildman–Crippen MR) is 55.5 cm³/mol. The van der Waals surface area contributed by atoms with E-state index < -0.39 is 6.43 Å². The molecule has 82 valence electrons. The first-order valence-electron chi connectivity index (χ1n) is 4.89. The summed E-state index contributed by atoms with van der Waals surface area (Å²) in [6.07, 6.45) is -1.84. The Morgan fingerprint density at radius 1 is 1.40 bits per heavy atom. The van der Waals surface area contributed by atoms with Gasteiger partial charge >= 0.3 is 0 Å². The second kappa shape index (κ2) is 4.51. The van der Waals surface area contributed by atoms with E-state index in [2.05, 4.69) is 0 Å². The highest BCUT2D eigenvalue weighted by Crippen LogP contribution is 2.26. The van der Waals surface area contributed by atoms with Crippen LogP contribution in [0.2, 0.25) is 0 Å². The molecule has 3 heteroatoms. The summed E-state index contributed by atoms with van der Waals surface area (Å²) in [7, 11) is 0. The van der Waals surface area contributed by atoms with E-state index in [0.29, 0.717) is 17.5 Å². The van der Waals surface area contributed by atoms with Gasteiger partial charge in [-0.25, -0.2) is 8.78 Å². The molecule has 0 atom stereocenters. The standard InChI is InChI=1S/C12H14F2O/c1-4-9-5-7(2)10(12(13)14)6-11(9)8(3)15/h5-6,12H,4H2,1-3H3. The molecule has 0 aliphatic carbocycles. The van der Waals surface area contributed by atoms with E-state index in [4.69, 9.17) is 0 Å². The number of Topliss-reactive ketones (excluding diaryl/α,β-unsaturated/α-hetero) is 1. The van der Waals surface area contributed by atoms with Crippen LogP contribution in [0, 0.1) is 6.92 Å². The fourth-order valence-corrected chi connectivity index (χ4v) is 1.64. The molecular formula is C12H14F2O. The van der Waals surface area contributed by atoms with Crippen molar-refractivity contribution in [2.45, 2.75) is 33.6 Å². The van der Waals surface area contributed by atoms with Gasteiger partial charge in [0.2, 0.25) is 0 Å². The van der Waals surface area contributed by atoms with Crippen LogP contribution in [-0.4, -0.2) is 5.78 Å². The molecule has 0 heterocycles. The summed E-state index contributed by atoms with van der Waals surface area (Å²) in [5, 5.41) is 0. The SMILES string of the molecule is CCc1cc(C)c(C(F)F)cc1C(C)=O. The van der Waals surface area contributed by atoms with Gasteiger partial charge in [0.25, 0.3) is 6.43 Å². The molecular weight excluding hydrogens is 198 g/mol. The number of ketones is 1. The number of aryl methyl sites for hydroxylation is 2. The van der Waals surface area contributed by atoms with Crippen LogP contribution in [0.5, 0.6) is 0 Å². The summed E-state index contributed by atoms with van der Waals surface area (Å²) in [5.74, 6) is -0.159. The molecule has 1 rings (SSSR count). The quantitative estimate of drug-likeness (QED) is 0.698. The van der Waals surface area contributed by atoms with E-state index in [1.54, 1.807) is 13.0 Å². The Kier molecular flexibility index (Phi) is 3.56. The number of hydrogen-bond donors (Lipinski definition) is 0. The lowest BCUT2D eigenvalue weighted by Gasteiger charge is -2.11. The van der Waals surface area contributed by atoms with Gasteiger partial charge in [0.1, 0.15) is 0 Å². The van der Waals surface area contributed by atoms with E-state index in [1.807, 2.05) is 6.92 Å². The number of halogens is 2. The molecule has 1 aromatic rings. The van der Waals surface area contributed by atoms with Crippen LogP contribution in [0.15, 0.2) is 12.1 Å². The molecule has 0 saturated heterocycles. The van der Waals surface area contributed by atoms with Gasteiger partial charge in [0.15, 0.2) is 5.78 Å². The van der Waals surface area contributed by atoms with Crippen LogP contribution in [0.3, 0.4) is 0 Å². The third kappa shape index (κ3) is 2.41. The number of carbonyl (C=O) groups excluding carboxylic acids is 1. The van der Waals surface area contributed by atoms with Crippen LogP contribution >= 0.6 is 0 Å². The van der Waals surface area contributed by atoms with Gasteiger partial charge in [0, 0.05) is 11.1 Å². The second-order valence-electron chi connectivity index (χ2n) is 3.58. The third-order valence-corrected chi connectivity index (χ3v) is 2.49. The minimum atomic E-state index is -2.52. The number of carbonyl (C=O) groups is 1. The Balaban J connectivity index is 3.37. The van der Waals surface area contributed by atoms with Gasteiger partial charge in [-0.3, -0.25) is 4.79 Å². The maximum atomic E-state index is 12.6. The van der Waals surface area contributed by atoms with Crippen LogP contribution in [0.1, 0.15) is 47.3 Å². The highest BCUT2D eigenvalue weighted by Gasteiger charge is 2.15. The molecule has 0 aliphatic heterocycles. The molecule has 0 spiro atoms. The zero-order valence-electron chi connectivity index (χ0n) is 9.10. The summed E-state index contributed by atoms with van der Waals surface area (Å²) in [4.78, 5) is 11.3. The smallest absolute Gasteiger partial charge is 0.264 e. The molecule has 0 unspecified atom stereocenters. The predicted octanol–water partition coefficient (Wildman–Crippen LogP) is 3.70. The molecule has 0 aliphatic rings. The fraction of sp³-hybridized carbons (Fsp3) is 0.417. The Hall–Kier alpha value is -1.25. The van der Waals surface area contributed by atoms with Crippen molar-refractivity contribution in [3.05, 3.63) is 34.4 Å². The molecule has 0 saturated carbocycles. The Bertz CT molecular complexity index is 383. The Morgan fingerprint density at radius 2 is 2.00 bits per heavy atom. The van der Waals surface area contributed by atoms with Gasteiger partial charge in [-0.1, -0.05) is 13.0 Å². The maximum Gasteiger partial charge on any atom is 0.264 e. The van der Waals surface area contributed by atoms with Gasteiger partial charge in [-0.05, 0) is 37.5 Å². The minimum absolute atomic E-state index is 0.0441. The number of rotatable bonds is 3. The molecule has 1 aromatic carbocycles. The molecule has 0 amide bonds. The van der Waals surface area contributed by atoms with Crippen molar-refractivity contribution in [2.75, 3.05) is 0 Å². The lowest BCUT2D eigenvalue weighted by atomic mass is 9.96. The minimum Gasteiger partial charge on any atom is -0.295 e. The summed E-state index contributed by atoms with van der Waals surface area (Å²) in [6, 6.07) is 3.00. The van der Waals surface area contributed by atoms with Gasteiger partial charge in [-0.2, -0.15) is 0 Å². The van der Waals surface area contributed by atoms with Crippen LogP contribution < -0.4 is 0 Å². The molecule has 15 heavy (non-hydrogen) atoms. The van der Waals surface area contributed by atoms with Crippen molar-refractivity contribution in [2.24, 2.45) is 0 Å². The summed E-state index contributed by atoms with van der Waals surface area (Å²) < 4.78 is 25.2. The van der Waals surface area contributed by atoms with Gasteiger partial charge in [0.05, 0.1) is 0 Å². The van der Waals surface area contributed by atoms with E-state index >= 15 is 0 Å². The normalized spacial score (nSPS) is 10.8.